The Morgan fingerprint density at radius 1 is 1.23 bits per heavy atom. The lowest BCUT2D eigenvalue weighted by atomic mass is 9.87. The maximum absolute atomic E-state index is 10.5. The number of hydrogen-bond acceptors (Lipinski definition) is 5. The largest absolute Gasteiger partial charge is 0.481 e. The molecule has 1 aliphatic rings. The number of allylic oxidation sites excluding steroid dienone is 2. The lowest BCUT2D eigenvalue weighted by molar-refractivity contribution is -0.199. The molecular weight excluding hydrogens is 336 g/mol. The van der Waals surface area contributed by atoms with Crippen LogP contribution in [0, 0.1) is 5.92 Å². The summed E-state index contributed by atoms with van der Waals surface area (Å²) in [4.78, 5) is 10.5. The van der Waals surface area contributed by atoms with Gasteiger partial charge in [-0.3, -0.25) is 4.79 Å². The molecule has 2 unspecified atom stereocenters. The Hall–Kier alpha value is -1.21. The van der Waals surface area contributed by atoms with Crippen LogP contribution in [-0.4, -0.2) is 51.0 Å². The van der Waals surface area contributed by atoms with Gasteiger partial charge in [-0.25, -0.2) is 0 Å². The second-order valence-electron chi connectivity index (χ2n) is 6.96. The predicted octanol–water partition coefficient (Wildman–Crippen LogP) is 2.77. The van der Waals surface area contributed by atoms with Crippen molar-refractivity contribution in [1.29, 1.82) is 0 Å². The van der Waals surface area contributed by atoms with Gasteiger partial charge in [-0.2, -0.15) is 0 Å². The van der Waals surface area contributed by atoms with E-state index in [-0.39, 0.29) is 18.8 Å². The number of hydrogen-bond donors (Lipinski definition) is 4. The van der Waals surface area contributed by atoms with Crippen LogP contribution >= 0.6 is 0 Å². The van der Waals surface area contributed by atoms with Crippen LogP contribution in [0.5, 0.6) is 0 Å². The Morgan fingerprint density at radius 3 is 2.69 bits per heavy atom. The van der Waals surface area contributed by atoms with Crippen LogP contribution < -0.4 is 0 Å². The fourth-order valence-corrected chi connectivity index (χ4v) is 3.10. The Kier molecular flexibility index (Phi) is 11.4. The van der Waals surface area contributed by atoms with Crippen molar-refractivity contribution in [2.75, 3.05) is 0 Å². The van der Waals surface area contributed by atoms with Gasteiger partial charge in [-0.1, -0.05) is 50.5 Å². The monoisotopic (exact) mass is 370 g/mol. The smallest absolute Gasteiger partial charge is 0.303 e. The third kappa shape index (κ3) is 9.48. The van der Waals surface area contributed by atoms with Crippen LogP contribution in [0.15, 0.2) is 24.3 Å². The quantitative estimate of drug-likeness (QED) is 0.311. The normalized spacial score (nSPS) is 28.0. The number of carbonyl (C=O) groups is 1. The van der Waals surface area contributed by atoms with E-state index in [1.165, 1.54) is 0 Å². The maximum Gasteiger partial charge on any atom is 0.303 e. The minimum Gasteiger partial charge on any atom is -0.481 e. The molecule has 0 saturated carbocycles. The van der Waals surface area contributed by atoms with Gasteiger partial charge in [0, 0.05) is 18.8 Å². The van der Waals surface area contributed by atoms with E-state index in [1.54, 1.807) is 12.2 Å². The summed E-state index contributed by atoms with van der Waals surface area (Å²) >= 11 is 0. The summed E-state index contributed by atoms with van der Waals surface area (Å²) in [7, 11) is 0. The molecule has 4 N–H and O–H groups in total. The molecule has 1 fully saturated rings. The molecule has 6 heteroatoms. The van der Waals surface area contributed by atoms with Crippen molar-refractivity contribution in [1.82, 2.24) is 0 Å². The topological polar surface area (TPSA) is 107 Å². The number of aliphatic carboxylic acids is 1. The van der Waals surface area contributed by atoms with Crippen molar-refractivity contribution < 1.29 is 30.0 Å². The number of aliphatic hydroxyl groups excluding tert-OH is 3. The molecule has 150 valence electrons. The minimum absolute atomic E-state index is 0.146. The van der Waals surface area contributed by atoms with Gasteiger partial charge in [-0.15, -0.1) is 0 Å². The van der Waals surface area contributed by atoms with E-state index in [2.05, 4.69) is 6.92 Å². The Morgan fingerprint density at radius 2 is 2.00 bits per heavy atom. The van der Waals surface area contributed by atoms with E-state index in [9.17, 15) is 20.1 Å². The molecule has 0 aromatic carbocycles. The second kappa shape index (κ2) is 13.0. The lowest BCUT2D eigenvalue weighted by Gasteiger charge is -2.36. The van der Waals surface area contributed by atoms with E-state index >= 15 is 0 Å². The van der Waals surface area contributed by atoms with Gasteiger partial charge < -0.3 is 25.2 Å². The van der Waals surface area contributed by atoms with Crippen LogP contribution in [0.1, 0.15) is 64.7 Å². The first-order valence-electron chi connectivity index (χ1n) is 9.68. The standard InChI is InChI=1S/C20H34O6/c1-2-3-6-9-15(21)12-13-18-16(17(22)14-20(25)26-18)10-7-4-5-8-11-19(23)24/h4,7,12-13,15-18,20-22,25H,2-3,5-6,8-11,14H2,1H3,(H,23,24)/b7-4-,13-12+/t15-,16?,17-,18+,20?/m0/s1. The molecule has 0 aromatic rings. The molecule has 26 heavy (non-hydrogen) atoms. The van der Waals surface area contributed by atoms with Gasteiger partial charge in [0.2, 0.25) is 0 Å². The van der Waals surface area contributed by atoms with Crippen molar-refractivity contribution in [3.8, 4) is 0 Å². The van der Waals surface area contributed by atoms with Gasteiger partial charge in [0.15, 0.2) is 6.29 Å². The van der Waals surface area contributed by atoms with Crippen LogP contribution in [0.3, 0.4) is 0 Å². The first-order valence-corrected chi connectivity index (χ1v) is 9.68. The number of carboxylic acid groups (broad SMARTS) is 1. The summed E-state index contributed by atoms with van der Waals surface area (Å²) < 4.78 is 5.54. The van der Waals surface area contributed by atoms with Gasteiger partial charge in [0.25, 0.3) is 0 Å². The van der Waals surface area contributed by atoms with Crippen LogP contribution in [0.4, 0.5) is 0 Å². The average Bonchev–Trinajstić information content (AvgIpc) is 2.57. The molecule has 1 rings (SSSR count). The molecule has 0 aromatic heterocycles. The van der Waals surface area contributed by atoms with Gasteiger partial charge in [0.1, 0.15) is 0 Å². The molecule has 0 bridgehead atoms. The average molecular weight is 370 g/mol. The number of carboxylic acids is 1. The second-order valence-corrected chi connectivity index (χ2v) is 6.96. The van der Waals surface area contributed by atoms with Crippen LogP contribution in [0.25, 0.3) is 0 Å². The van der Waals surface area contributed by atoms with E-state index in [1.807, 2.05) is 12.2 Å². The van der Waals surface area contributed by atoms with Crippen molar-refractivity contribution >= 4 is 5.97 Å². The van der Waals surface area contributed by atoms with Crippen molar-refractivity contribution in [2.24, 2.45) is 5.92 Å². The van der Waals surface area contributed by atoms with Gasteiger partial charge in [0.05, 0.1) is 18.3 Å². The zero-order valence-corrected chi connectivity index (χ0v) is 15.7. The first-order chi connectivity index (χ1) is 12.4. The fourth-order valence-electron chi connectivity index (χ4n) is 3.10. The molecule has 1 saturated heterocycles. The van der Waals surface area contributed by atoms with Gasteiger partial charge in [-0.05, 0) is 25.7 Å². The summed E-state index contributed by atoms with van der Waals surface area (Å²) in [5, 5.41) is 38.7. The number of ether oxygens (including phenoxy) is 1. The zero-order chi connectivity index (χ0) is 19.4. The Labute approximate surface area is 156 Å². The van der Waals surface area contributed by atoms with E-state index in [0.717, 1.165) is 19.3 Å². The molecule has 1 heterocycles. The third-order valence-electron chi connectivity index (χ3n) is 4.64. The van der Waals surface area contributed by atoms with E-state index < -0.39 is 30.6 Å². The number of rotatable bonds is 12. The molecule has 1 aliphatic heterocycles. The number of unbranched alkanes of at least 4 members (excludes halogenated alkanes) is 3. The SMILES string of the molecule is CCCCC[C@H](O)/C=C/[C@H]1OC(O)C[C@H](O)C1C/C=C\CCCC(=O)O. The van der Waals surface area contributed by atoms with E-state index in [4.69, 9.17) is 9.84 Å². The maximum atomic E-state index is 10.5. The highest BCUT2D eigenvalue weighted by atomic mass is 16.6. The molecule has 5 atom stereocenters. The predicted molar refractivity (Wildman–Crippen MR) is 99.5 cm³/mol. The highest BCUT2D eigenvalue weighted by molar-refractivity contribution is 5.66. The lowest BCUT2D eigenvalue weighted by Crippen LogP contribution is -2.43. The third-order valence-corrected chi connectivity index (χ3v) is 4.64. The fraction of sp³-hybridized carbons (Fsp3) is 0.750. The Bertz CT molecular complexity index is 448. The van der Waals surface area contributed by atoms with Crippen LogP contribution in [-0.2, 0) is 9.53 Å². The summed E-state index contributed by atoms with van der Waals surface area (Å²) in [5.74, 6) is -1.00. The highest BCUT2D eigenvalue weighted by Gasteiger charge is 2.35. The summed E-state index contributed by atoms with van der Waals surface area (Å²) in [5.41, 5.74) is 0. The molecule has 0 amide bonds. The van der Waals surface area contributed by atoms with E-state index in [0.29, 0.717) is 25.7 Å². The molecule has 0 radical (unpaired) electrons. The zero-order valence-electron chi connectivity index (χ0n) is 15.7. The minimum atomic E-state index is -1.01. The number of aliphatic hydroxyl groups is 3. The molecular formula is C20H34O6. The molecule has 0 aliphatic carbocycles. The first kappa shape index (κ1) is 22.8. The molecule has 6 nitrogen and oxygen atoms in total. The van der Waals surface area contributed by atoms with Crippen LogP contribution in [0.2, 0.25) is 0 Å². The van der Waals surface area contributed by atoms with Crippen molar-refractivity contribution in [3.05, 3.63) is 24.3 Å². The summed E-state index contributed by atoms with van der Waals surface area (Å²) in [6.45, 7) is 2.11. The van der Waals surface area contributed by atoms with Crippen molar-refractivity contribution in [2.45, 2.75) is 89.3 Å². The summed E-state index contributed by atoms with van der Waals surface area (Å²) in [6, 6.07) is 0. The van der Waals surface area contributed by atoms with Crippen molar-refractivity contribution in [3.63, 3.8) is 0 Å². The Balaban J connectivity index is 2.52. The summed E-state index contributed by atoms with van der Waals surface area (Å²) in [6.07, 6.45) is 10.5. The molecule has 0 spiro atoms. The van der Waals surface area contributed by atoms with Gasteiger partial charge >= 0.3 is 5.97 Å². The highest BCUT2D eigenvalue weighted by Crippen LogP contribution is 2.29.